The molecule has 6 heteroatoms. The zero-order chi connectivity index (χ0) is 17.4. The van der Waals surface area contributed by atoms with Crippen molar-refractivity contribution in [2.45, 2.75) is 33.0 Å². The van der Waals surface area contributed by atoms with Crippen LogP contribution in [0.3, 0.4) is 0 Å². The monoisotopic (exact) mass is 320 g/mol. The molecule has 0 aliphatic rings. The Labute approximate surface area is 138 Å². The predicted octanol–water partition coefficient (Wildman–Crippen LogP) is 0.464. The van der Waals surface area contributed by atoms with E-state index in [1.54, 1.807) is 0 Å². The Morgan fingerprint density at radius 3 is 2.43 bits per heavy atom. The van der Waals surface area contributed by atoms with Gasteiger partial charge in [0.2, 0.25) is 11.8 Å². The molecule has 0 bridgehead atoms. The number of nitrogens with two attached hydrogens (primary N) is 1. The summed E-state index contributed by atoms with van der Waals surface area (Å²) >= 11 is 0. The second-order valence-electron chi connectivity index (χ2n) is 6.32. The number of carbonyl (C=O) groups excluding carboxylic acids is 2. The van der Waals surface area contributed by atoms with E-state index in [1.165, 1.54) is 5.56 Å². The molecule has 1 aromatic carbocycles. The highest BCUT2D eigenvalue weighted by molar-refractivity contribution is 5.87. The molecule has 0 aliphatic heterocycles. The molecule has 4 N–H and O–H groups in total. The molecule has 1 atom stereocenters. The van der Waals surface area contributed by atoms with Gasteiger partial charge in [-0.15, -0.1) is 0 Å². The zero-order valence-corrected chi connectivity index (χ0v) is 14.4. The van der Waals surface area contributed by atoms with Gasteiger partial charge in [0.05, 0.1) is 12.6 Å². The lowest BCUT2D eigenvalue weighted by Crippen LogP contribution is -2.47. The number of benzene rings is 1. The van der Waals surface area contributed by atoms with E-state index in [0.717, 1.165) is 12.1 Å². The minimum absolute atomic E-state index is 0.0393. The summed E-state index contributed by atoms with van der Waals surface area (Å²) < 4.78 is 0. The fourth-order valence-corrected chi connectivity index (χ4v) is 2.05. The highest BCUT2D eigenvalue weighted by Gasteiger charge is 2.17. The average Bonchev–Trinajstić information content (AvgIpc) is 2.49. The highest BCUT2D eigenvalue weighted by Crippen LogP contribution is 2.06. The van der Waals surface area contributed by atoms with E-state index in [1.807, 2.05) is 40.1 Å². The third-order valence-corrected chi connectivity index (χ3v) is 3.42. The molecule has 128 valence electrons. The summed E-state index contributed by atoms with van der Waals surface area (Å²) in [5, 5.41) is 5.35. The first-order chi connectivity index (χ1) is 10.8. The smallest absolute Gasteiger partial charge is 0.239 e. The van der Waals surface area contributed by atoms with Gasteiger partial charge in [0.1, 0.15) is 0 Å². The van der Waals surface area contributed by atoms with E-state index >= 15 is 0 Å². The van der Waals surface area contributed by atoms with Crippen LogP contribution in [0.25, 0.3) is 0 Å². The summed E-state index contributed by atoms with van der Waals surface area (Å²) in [4.78, 5) is 25.6. The average molecular weight is 320 g/mol. The molecule has 0 saturated heterocycles. The molecule has 0 aliphatic carbocycles. The van der Waals surface area contributed by atoms with Crippen molar-refractivity contribution in [2.24, 2.45) is 11.7 Å². The zero-order valence-electron chi connectivity index (χ0n) is 14.4. The SMILES string of the molecule is CC(C)[C@H](N)C(=O)NCC(=O)NCc1cccc(CN(C)C)c1. The van der Waals surface area contributed by atoms with Gasteiger partial charge >= 0.3 is 0 Å². The maximum absolute atomic E-state index is 11.8. The Hall–Kier alpha value is -1.92. The van der Waals surface area contributed by atoms with E-state index in [9.17, 15) is 9.59 Å². The molecule has 0 fully saturated rings. The minimum Gasteiger partial charge on any atom is -0.350 e. The maximum atomic E-state index is 11.8. The van der Waals surface area contributed by atoms with Gasteiger partial charge in [0.25, 0.3) is 0 Å². The summed E-state index contributed by atoms with van der Waals surface area (Å²) in [5.74, 6) is -0.493. The first-order valence-electron chi connectivity index (χ1n) is 7.82. The van der Waals surface area contributed by atoms with Gasteiger partial charge in [0.15, 0.2) is 0 Å². The Morgan fingerprint density at radius 1 is 1.17 bits per heavy atom. The lowest BCUT2D eigenvalue weighted by molar-refractivity contribution is -0.127. The van der Waals surface area contributed by atoms with Crippen LogP contribution in [-0.4, -0.2) is 43.4 Å². The quantitative estimate of drug-likeness (QED) is 0.649. The second kappa shape index (κ2) is 9.27. The van der Waals surface area contributed by atoms with Crippen LogP contribution in [0.4, 0.5) is 0 Å². The normalized spacial score (nSPS) is 12.3. The van der Waals surface area contributed by atoms with E-state index in [2.05, 4.69) is 27.7 Å². The second-order valence-corrected chi connectivity index (χ2v) is 6.32. The van der Waals surface area contributed by atoms with Gasteiger partial charge in [-0.25, -0.2) is 0 Å². The Kier molecular flexibility index (Phi) is 7.71. The van der Waals surface area contributed by atoms with Crippen LogP contribution >= 0.6 is 0 Å². The van der Waals surface area contributed by atoms with Gasteiger partial charge in [-0.2, -0.15) is 0 Å². The van der Waals surface area contributed by atoms with Crippen LogP contribution in [0.1, 0.15) is 25.0 Å². The van der Waals surface area contributed by atoms with Crippen LogP contribution in [0, 0.1) is 5.92 Å². The maximum Gasteiger partial charge on any atom is 0.239 e. The Morgan fingerprint density at radius 2 is 1.83 bits per heavy atom. The number of nitrogens with zero attached hydrogens (tertiary/aromatic N) is 1. The number of amides is 2. The van der Waals surface area contributed by atoms with Crippen LogP contribution in [0.2, 0.25) is 0 Å². The molecule has 1 aromatic rings. The van der Waals surface area contributed by atoms with Crippen molar-refractivity contribution < 1.29 is 9.59 Å². The highest BCUT2D eigenvalue weighted by atomic mass is 16.2. The Balaban J connectivity index is 2.40. The van der Waals surface area contributed by atoms with E-state index in [0.29, 0.717) is 6.54 Å². The molecule has 6 nitrogen and oxygen atoms in total. The first-order valence-corrected chi connectivity index (χ1v) is 7.82. The van der Waals surface area contributed by atoms with E-state index in [4.69, 9.17) is 5.73 Å². The molecule has 23 heavy (non-hydrogen) atoms. The third kappa shape index (κ3) is 7.25. The summed E-state index contributed by atoms with van der Waals surface area (Å²) in [7, 11) is 4.03. The van der Waals surface area contributed by atoms with Crippen LogP contribution in [-0.2, 0) is 22.7 Å². The van der Waals surface area contributed by atoms with Crippen molar-refractivity contribution in [1.82, 2.24) is 15.5 Å². The lowest BCUT2D eigenvalue weighted by Gasteiger charge is -2.15. The summed E-state index contributed by atoms with van der Waals surface area (Å²) in [6.45, 7) is 4.96. The molecule has 2 amide bonds. The van der Waals surface area contributed by atoms with Crippen LogP contribution < -0.4 is 16.4 Å². The van der Waals surface area contributed by atoms with Crippen LogP contribution in [0.15, 0.2) is 24.3 Å². The van der Waals surface area contributed by atoms with E-state index < -0.39 is 6.04 Å². The van der Waals surface area contributed by atoms with Crippen molar-refractivity contribution in [3.05, 3.63) is 35.4 Å². The minimum atomic E-state index is -0.592. The molecule has 0 saturated carbocycles. The molecule has 0 spiro atoms. The Bertz CT molecular complexity index is 529. The molecule has 1 rings (SSSR count). The van der Waals surface area contributed by atoms with Crippen molar-refractivity contribution in [3.63, 3.8) is 0 Å². The molecular formula is C17H28N4O2. The molecular weight excluding hydrogens is 292 g/mol. The number of hydrogen-bond donors (Lipinski definition) is 3. The van der Waals surface area contributed by atoms with Crippen molar-refractivity contribution in [1.29, 1.82) is 0 Å². The summed E-state index contributed by atoms with van der Waals surface area (Å²) in [5.41, 5.74) is 7.94. The lowest BCUT2D eigenvalue weighted by atomic mass is 10.1. The molecule has 0 heterocycles. The van der Waals surface area contributed by atoms with E-state index in [-0.39, 0.29) is 24.3 Å². The number of hydrogen-bond acceptors (Lipinski definition) is 4. The van der Waals surface area contributed by atoms with Gasteiger partial charge in [-0.3, -0.25) is 9.59 Å². The van der Waals surface area contributed by atoms with Crippen molar-refractivity contribution in [2.75, 3.05) is 20.6 Å². The fraction of sp³-hybridized carbons (Fsp3) is 0.529. The third-order valence-electron chi connectivity index (χ3n) is 3.42. The standard InChI is InChI=1S/C17H28N4O2/c1-12(2)16(18)17(23)20-10-15(22)19-9-13-6-5-7-14(8-13)11-21(3)4/h5-8,12,16H,9-11,18H2,1-4H3,(H,19,22)(H,20,23)/t16-/m0/s1. The van der Waals surface area contributed by atoms with Crippen molar-refractivity contribution in [3.8, 4) is 0 Å². The van der Waals surface area contributed by atoms with Gasteiger partial charge < -0.3 is 21.3 Å². The summed E-state index contributed by atoms with van der Waals surface area (Å²) in [6, 6.07) is 7.47. The molecule has 0 aromatic heterocycles. The summed E-state index contributed by atoms with van der Waals surface area (Å²) in [6.07, 6.45) is 0. The van der Waals surface area contributed by atoms with Gasteiger partial charge in [-0.1, -0.05) is 38.1 Å². The van der Waals surface area contributed by atoms with Gasteiger partial charge in [0, 0.05) is 13.1 Å². The van der Waals surface area contributed by atoms with Gasteiger partial charge in [-0.05, 0) is 31.1 Å². The number of rotatable bonds is 8. The molecule has 0 radical (unpaired) electrons. The largest absolute Gasteiger partial charge is 0.350 e. The first kappa shape index (κ1) is 19.1. The topological polar surface area (TPSA) is 87.5 Å². The fourth-order valence-electron chi connectivity index (χ4n) is 2.05. The number of nitrogens with one attached hydrogen (secondary N) is 2. The predicted molar refractivity (Wildman–Crippen MR) is 91.5 cm³/mol. The molecule has 0 unspecified atom stereocenters. The van der Waals surface area contributed by atoms with Crippen LogP contribution in [0.5, 0.6) is 0 Å². The van der Waals surface area contributed by atoms with Crippen molar-refractivity contribution >= 4 is 11.8 Å². The number of carbonyl (C=O) groups is 2.